The first-order valence-electron chi connectivity index (χ1n) is 10.6. The molecule has 1 atom stereocenters. The van der Waals surface area contributed by atoms with E-state index in [2.05, 4.69) is 24.1 Å². The van der Waals surface area contributed by atoms with Crippen LogP contribution in [0.4, 0.5) is 0 Å². The molecule has 31 heavy (non-hydrogen) atoms. The Morgan fingerprint density at radius 2 is 1.90 bits per heavy atom. The molecule has 0 fully saturated rings. The molecule has 0 bridgehead atoms. The molecular formula is C24H27ClN4O2. The molecule has 1 aliphatic rings. The van der Waals surface area contributed by atoms with Crippen molar-refractivity contribution in [1.29, 1.82) is 0 Å². The van der Waals surface area contributed by atoms with Gasteiger partial charge in [0.2, 0.25) is 5.91 Å². The lowest BCUT2D eigenvalue weighted by Crippen LogP contribution is -2.63. The molecule has 4 rings (SSSR count). The molecule has 1 aromatic heterocycles. The van der Waals surface area contributed by atoms with E-state index in [0.29, 0.717) is 36.4 Å². The number of fused-ring (bicyclic) bond motifs is 3. The number of nitrogens with zero attached hydrogens (tertiary/aromatic N) is 3. The summed E-state index contributed by atoms with van der Waals surface area (Å²) in [5, 5.41) is 3.68. The third-order valence-corrected chi connectivity index (χ3v) is 6.16. The Morgan fingerprint density at radius 3 is 2.61 bits per heavy atom. The molecule has 2 aromatic carbocycles. The third kappa shape index (κ3) is 4.04. The molecule has 3 aromatic rings. The highest BCUT2D eigenvalue weighted by Gasteiger charge is 2.48. The summed E-state index contributed by atoms with van der Waals surface area (Å²) in [6.07, 6.45) is 0.881. The molecule has 2 amide bonds. The largest absolute Gasteiger partial charge is 0.354 e. The smallest absolute Gasteiger partial charge is 0.291 e. The first-order valence-corrected chi connectivity index (χ1v) is 11.0. The number of nitrogens with one attached hydrogen (secondary N) is 1. The normalized spacial score (nSPS) is 18.5. The minimum absolute atomic E-state index is 0.154. The van der Waals surface area contributed by atoms with E-state index in [9.17, 15) is 9.59 Å². The first-order chi connectivity index (χ1) is 14.8. The third-order valence-electron chi connectivity index (χ3n) is 5.90. The van der Waals surface area contributed by atoms with Gasteiger partial charge in [0.15, 0.2) is 5.82 Å². The van der Waals surface area contributed by atoms with Crippen LogP contribution in [0.3, 0.4) is 0 Å². The van der Waals surface area contributed by atoms with Crippen molar-refractivity contribution in [3.05, 3.63) is 64.9 Å². The number of benzene rings is 2. The molecule has 2 heterocycles. The van der Waals surface area contributed by atoms with Gasteiger partial charge in [0.05, 0.1) is 17.6 Å². The lowest BCUT2D eigenvalue weighted by atomic mass is 9.94. The fourth-order valence-electron chi connectivity index (χ4n) is 4.01. The summed E-state index contributed by atoms with van der Waals surface area (Å²) in [7, 11) is 0. The predicted molar refractivity (Wildman–Crippen MR) is 122 cm³/mol. The molecular weight excluding hydrogens is 412 g/mol. The standard InChI is InChI=1S/C24H27ClN4O2/c1-16(2)12-13-26-23(31)24(3)15-28-20-7-5-4-6-19(20)27-21(28)22(30)29(24)14-17-8-10-18(25)11-9-17/h4-11,16H,12-15H2,1-3H3,(H,26,31). The maximum atomic E-state index is 13.6. The van der Waals surface area contributed by atoms with Gasteiger partial charge in [0.25, 0.3) is 5.91 Å². The molecule has 0 aliphatic carbocycles. The number of hydrogen-bond acceptors (Lipinski definition) is 3. The summed E-state index contributed by atoms with van der Waals surface area (Å²) >= 11 is 6.03. The molecule has 1 unspecified atom stereocenters. The van der Waals surface area contributed by atoms with E-state index in [-0.39, 0.29) is 11.8 Å². The van der Waals surface area contributed by atoms with Crippen LogP contribution in [0.1, 0.15) is 43.4 Å². The highest BCUT2D eigenvalue weighted by atomic mass is 35.5. The Morgan fingerprint density at radius 1 is 1.19 bits per heavy atom. The summed E-state index contributed by atoms with van der Waals surface area (Å²) in [5.74, 6) is 0.441. The topological polar surface area (TPSA) is 67.2 Å². The van der Waals surface area contributed by atoms with Gasteiger partial charge in [-0.25, -0.2) is 4.98 Å². The molecule has 0 saturated heterocycles. The van der Waals surface area contributed by atoms with Gasteiger partial charge in [-0.3, -0.25) is 9.59 Å². The van der Waals surface area contributed by atoms with Gasteiger partial charge in [-0.15, -0.1) is 0 Å². The Hall–Kier alpha value is -2.86. The summed E-state index contributed by atoms with van der Waals surface area (Å²) in [6, 6.07) is 15.0. The Bertz CT molecular complexity index is 1120. The van der Waals surface area contributed by atoms with E-state index >= 15 is 0 Å². The van der Waals surface area contributed by atoms with Gasteiger partial charge in [0, 0.05) is 18.1 Å². The van der Waals surface area contributed by atoms with Gasteiger partial charge in [-0.05, 0) is 49.1 Å². The first kappa shape index (κ1) is 21.4. The number of imidazole rings is 1. The molecule has 1 N–H and O–H groups in total. The monoisotopic (exact) mass is 438 g/mol. The average Bonchev–Trinajstić information content (AvgIpc) is 3.10. The van der Waals surface area contributed by atoms with E-state index in [0.717, 1.165) is 23.0 Å². The van der Waals surface area contributed by atoms with Crippen molar-refractivity contribution in [2.45, 2.75) is 45.8 Å². The number of para-hydroxylation sites is 2. The van der Waals surface area contributed by atoms with Crippen LogP contribution in [0.15, 0.2) is 48.5 Å². The van der Waals surface area contributed by atoms with Crippen molar-refractivity contribution in [1.82, 2.24) is 19.8 Å². The summed E-state index contributed by atoms with van der Waals surface area (Å²) in [6.45, 7) is 7.29. The second kappa shape index (κ2) is 8.35. The quantitative estimate of drug-likeness (QED) is 0.625. The molecule has 1 aliphatic heterocycles. The van der Waals surface area contributed by atoms with Crippen molar-refractivity contribution < 1.29 is 9.59 Å². The summed E-state index contributed by atoms with van der Waals surface area (Å²) < 4.78 is 1.87. The number of amides is 2. The zero-order valence-electron chi connectivity index (χ0n) is 18.1. The second-order valence-corrected chi connectivity index (χ2v) is 9.18. The molecule has 0 radical (unpaired) electrons. The number of hydrogen-bond donors (Lipinski definition) is 1. The number of aromatic nitrogens is 2. The fourth-order valence-corrected chi connectivity index (χ4v) is 4.14. The number of rotatable bonds is 6. The number of carbonyl (C=O) groups is 2. The predicted octanol–water partition coefficient (Wildman–Crippen LogP) is 4.27. The van der Waals surface area contributed by atoms with Crippen LogP contribution in [-0.2, 0) is 17.9 Å². The van der Waals surface area contributed by atoms with Crippen LogP contribution in [0, 0.1) is 5.92 Å². The van der Waals surface area contributed by atoms with Crippen LogP contribution < -0.4 is 5.32 Å². The van der Waals surface area contributed by atoms with Crippen LogP contribution in [0.25, 0.3) is 11.0 Å². The van der Waals surface area contributed by atoms with Crippen molar-refractivity contribution >= 4 is 34.4 Å². The fraction of sp³-hybridized carbons (Fsp3) is 0.375. The van der Waals surface area contributed by atoms with Crippen molar-refractivity contribution in [3.8, 4) is 0 Å². The van der Waals surface area contributed by atoms with Gasteiger partial charge < -0.3 is 14.8 Å². The Labute approximate surface area is 187 Å². The van der Waals surface area contributed by atoms with E-state index in [1.165, 1.54) is 0 Å². The zero-order valence-corrected chi connectivity index (χ0v) is 18.8. The van der Waals surface area contributed by atoms with Crippen molar-refractivity contribution in [2.24, 2.45) is 5.92 Å². The highest BCUT2D eigenvalue weighted by Crippen LogP contribution is 2.32. The van der Waals surface area contributed by atoms with Gasteiger partial charge in [-0.1, -0.05) is 49.7 Å². The lowest BCUT2D eigenvalue weighted by Gasteiger charge is -2.43. The number of carbonyl (C=O) groups excluding carboxylic acids is 2. The van der Waals surface area contributed by atoms with E-state index in [4.69, 9.17) is 11.6 Å². The maximum Gasteiger partial charge on any atom is 0.291 e. The van der Waals surface area contributed by atoms with Crippen molar-refractivity contribution in [3.63, 3.8) is 0 Å². The SMILES string of the molecule is CC(C)CCNC(=O)C1(C)Cn2c(nc3ccccc32)C(=O)N1Cc1ccc(Cl)cc1. The van der Waals surface area contributed by atoms with E-state index in [1.54, 1.807) is 17.0 Å². The maximum absolute atomic E-state index is 13.6. The minimum atomic E-state index is -1.05. The average molecular weight is 439 g/mol. The lowest BCUT2D eigenvalue weighted by molar-refractivity contribution is -0.133. The Balaban J connectivity index is 1.73. The van der Waals surface area contributed by atoms with Crippen LogP contribution >= 0.6 is 11.6 Å². The summed E-state index contributed by atoms with van der Waals surface area (Å²) in [5.41, 5.74) is 1.47. The van der Waals surface area contributed by atoms with Crippen LogP contribution in [0.2, 0.25) is 5.02 Å². The van der Waals surface area contributed by atoms with Gasteiger partial charge in [0.1, 0.15) is 5.54 Å². The minimum Gasteiger partial charge on any atom is -0.354 e. The molecule has 0 spiro atoms. The molecule has 7 heteroatoms. The molecule has 0 saturated carbocycles. The van der Waals surface area contributed by atoms with Crippen LogP contribution in [-0.4, -0.2) is 38.3 Å². The Kier molecular flexibility index (Phi) is 5.75. The molecule has 6 nitrogen and oxygen atoms in total. The van der Waals surface area contributed by atoms with Crippen molar-refractivity contribution in [2.75, 3.05) is 6.54 Å². The van der Waals surface area contributed by atoms with E-state index < -0.39 is 5.54 Å². The van der Waals surface area contributed by atoms with Crippen LogP contribution in [0.5, 0.6) is 0 Å². The molecule has 162 valence electrons. The number of halogens is 1. The summed E-state index contributed by atoms with van der Waals surface area (Å²) in [4.78, 5) is 33.2. The van der Waals surface area contributed by atoms with Gasteiger partial charge in [-0.2, -0.15) is 0 Å². The second-order valence-electron chi connectivity index (χ2n) is 8.74. The zero-order chi connectivity index (χ0) is 22.2. The van der Waals surface area contributed by atoms with Gasteiger partial charge >= 0.3 is 0 Å². The van der Waals surface area contributed by atoms with E-state index in [1.807, 2.05) is 47.9 Å². The highest BCUT2D eigenvalue weighted by molar-refractivity contribution is 6.30.